The average molecular weight is 244 g/mol. The molecule has 0 aliphatic rings. The van der Waals surface area contributed by atoms with Crippen LogP contribution in [0.4, 0.5) is 0 Å². The molecular formula is C12H24N2O3. The Bertz CT molecular complexity index is 208. The van der Waals surface area contributed by atoms with Gasteiger partial charge in [0.1, 0.15) is 0 Å². The molecule has 3 N–H and O–H groups in total. The van der Waals surface area contributed by atoms with E-state index in [4.69, 9.17) is 15.2 Å². The number of carbonyl (C=O) groups is 1. The molecule has 0 fully saturated rings. The van der Waals surface area contributed by atoms with Crippen LogP contribution >= 0.6 is 0 Å². The lowest BCUT2D eigenvalue weighted by atomic mass is 10.3. The molecule has 0 radical (unpaired) electrons. The van der Waals surface area contributed by atoms with Crippen molar-refractivity contribution in [3.63, 3.8) is 0 Å². The van der Waals surface area contributed by atoms with Crippen molar-refractivity contribution in [2.75, 3.05) is 39.5 Å². The number of rotatable bonds is 11. The summed E-state index contributed by atoms with van der Waals surface area (Å²) in [5.41, 5.74) is 5.26. The van der Waals surface area contributed by atoms with E-state index in [9.17, 15) is 4.79 Å². The fourth-order valence-corrected chi connectivity index (χ4v) is 1.10. The second kappa shape index (κ2) is 13.2. The predicted octanol–water partition coefficient (Wildman–Crippen LogP) is 0.451. The van der Waals surface area contributed by atoms with Crippen LogP contribution in [0, 0.1) is 0 Å². The summed E-state index contributed by atoms with van der Waals surface area (Å²) in [6, 6.07) is 0. The highest BCUT2D eigenvalue weighted by Gasteiger charge is 1.96. The van der Waals surface area contributed by atoms with Crippen LogP contribution in [0.2, 0.25) is 0 Å². The molecule has 17 heavy (non-hydrogen) atoms. The molecule has 0 saturated heterocycles. The van der Waals surface area contributed by atoms with Gasteiger partial charge in [-0.25, -0.2) is 0 Å². The third-order valence-electron chi connectivity index (χ3n) is 1.91. The van der Waals surface area contributed by atoms with Crippen LogP contribution in [-0.4, -0.2) is 45.4 Å². The Balaban J connectivity index is 3.16. The van der Waals surface area contributed by atoms with Gasteiger partial charge in [0, 0.05) is 19.5 Å². The molecule has 0 aromatic carbocycles. The van der Waals surface area contributed by atoms with Crippen molar-refractivity contribution in [3.05, 3.63) is 12.2 Å². The molecule has 1 amide bonds. The van der Waals surface area contributed by atoms with Crippen LogP contribution in [0.25, 0.3) is 0 Å². The highest BCUT2D eigenvalue weighted by atomic mass is 16.5. The van der Waals surface area contributed by atoms with Gasteiger partial charge in [0.25, 0.3) is 0 Å². The number of carbonyl (C=O) groups excluding carboxylic acids is 1. The first-order chi connectivity index (χ1) is 8.31. The van der Waals surface area contributed by atoms with Crippen molar-refractivity contribution in [1.29, 1.82) is 0 Å². The average Bonchev–Trinajstić information content (AvgIpc) is 2.33. The van der Waals surface area contributed by atoms with Crippen LogP contribution in [0.5, 0.6) is 0 Å². The summed E-state index contributed by atoms with van der Waals surface area (Å²) in [4.78, 5) is 11.2. The minimum atomic E-state index is 0.0256. The summed E-state index contributed by atoms with van der Waals surface area (Å²) in [5, 5.41) is 2.77. The smallest absolute Gasteiger partial charge is 0.223 e. The summed E-state index contributed by atoms with van der Waals surface area (Å²) in [5.74, 6) is 0.0256. The SMILES string of the molecule is CC/C=C\CC(=O)NCCOCCOCCN. The normalized spacial score (nSPS) is 10.9. The van der Waals surface area contributed by atoms with Gasteiger partial charge in [0.2, 0.25) is 5.91 Å². The second-order valence-corrected chi connectivity index (χ2v) is 3.45. The quantitative estimate of drug-likeness (QED) is 0.409. The number of nitrogens with one attached hydrogen (secondary N) is 1. The number of amides is 1. The molecule has 0 aromatic heterocycles. The molecular weight excluding hydrogens is 220 g/mol. The van der Waals surface area contributed by atoms with E-state index in [0.717, 1.165) is 6.42 Å². The van der Waals surface area contributed by atoms with Gasteiger partial charge in [-0.3, -0.25) is 4.79 Å². The maximum atomic E-state index is 11.2. The first kappa shape index (κ1) is 16.1. The summed E-state index contributed by atoms with van der Waals surface area (Å²) in [6.45, 7) is 5.25. The molecule has 0 bridgehead atoms. The van der Waals surface area contributed by atoms with E-state index in [0.29, 0.717) is 45.9 Å². The van der Waals surface area contributed by atoms with Gasteiger partial charge in [0.05, 0.1) is 26.4 Å². The third-order valence-corrected chi connectivity index (χ3v) is 1.91. The molecule has 0 spiro atoms. The molecule has 5 heteroatoms. The van der Waals surface area contributed by atoms with Crippen molar-refractivity contribution >= 4 is 5.91 Å². The first-order valence-electron chi connectivity index (χ1n) is 6.08. The van der Waals surface area contributed by atoms with E-state index in [-0.39, 0.29) is 5.91 Å². The Morgan fingerprint density at radius 3 is 2.53 bits per heavy atom. The van der Waals surface area contributed by atoms with Gasteiger partial charge in [-0.15, -0.1) is 0 Å². The maximum Gasteiger partial charge on any atom is 0.223 e. The first-order valence-corrected chi connectivity index (χ1v) is 6.08. The Morgan fingerprint density at radius 2 is 1.88 bits per heavy atom. The van der Waals surface area contributed by atoms with E-state index in [1.165, 1.54) is 0 Å². The highest BCUT2D eigenvalue weighted by Crippen LogP contribution is 1.86. The second-order valence-electron chi connectivity index (χ2n) is 3.45. The van der Waals surface area contributed by atoms with Crippen LogP contribution in [0.3, 0.4) is 0 Å². The van der Waals surface area contributed by atoms with Crippen molar-refractivity contribution < 1.29 is 14.3 Å². The van der Waals surface area contributed by atoms with E-state index in [1.54, 1.807) is 0 Å². The fraction of sp³-hybridized carbons (Fsp3) is 0.750. The summed E-state index contributed by atoms with van der Waals surface area (Å²) in [6.07, 6.45) is 5.24. The zero-order valence-electron chi connectivity index (χ0n) is 10.6. The van der Waals surface area contributed by atoms with Crippen LogP contribution in [0.15, 0.2) is 12.2 Å². The molecule has 0 heterocycles. The zero-order valence-corrected chi connectivity index (χ0v) is 10.6. The monoisotopic (exact) mass is 244 g/mol. The fourth-order valence-electron chi connectivity index (χ4n) is 1.10. The van der Waals surface area contributed by atoms with Crippen molar-refractivity contribution in [2.45, 2.75) is 19.8 Å². The molecule has 100 valence electrons. The number of hydrogen-bond acceptors (Lipinski definition) is 4. The Morgan fingerprint density at radius 1 is 1.18 bits per heavy atom. The van der Waals surface area contributed by atoms with Gasteiger partial charge in [-0.1, -0.05) is 19.1 Å². The third kappa shape index (κ3) is 13.0. The van der Waals surface area contributed by atoms with Crippen molar-refractivity contribution in [2.24, 2.45) is 5.73 Å². The lowest BCUT2D eigenvalue weighted by molar-refractivity contribution is -0.120. The predicted molar refractivity (Wildman–Crippen MR) is 67.8 cm³/mol. The van der Waals surface area contributed by atoms with E-state index >= 15 is 0 Å². The summed E-state index contributed by atoms with van der Waals surface area (Å²) >= 11 is 0. The lowest BCUT2D eigenvalue weighted by Gasteiger charge is -2.06. The Hall–Kier alpha value is -0.910. The molecule has 5 nitrogen and oxygen atoms in total. The van der Waals surface area contributed by atoms with Gasteiger partial charge in [0.15, 0.2) is 0 Å². The standard InChI is InChI=1S/C12H24N2O3/c1-2-3-4-5-12(15)14-7-9-17-11-10-16-8-6-13/h3-4H,2,5-11,13H2,1H3,(H,14,15)/b4-3-. The number of allylic oxidation sites excluding steroid dienone is 1. The van der Waals surface area contributed by atoms with Crippen LogP contribution in [-0.2, 0) is 14.3 Å². The van der Waals surface area contributed by atoms with Crippen LogP contribution in [0.1, 0.15) is 19.8 Å². The largest absolute Gasteiger partial charge is 0.378 e. The zero-order chi connectivity index (χ0) is 12.8. The molecule has 0 unspecified atom stereocenters. The molecule has 0 aliphatic heterocycles. The minimum absolute atomic E-state index is 0.0256. The van der Waals surface area contributed by atoms with Crippen molar-refractivity contribution in [1.82, 2.24) is 5.32 Å². The Kier molecular flexibility index (Phi) is 12.5. The minimum Gasteiger partial charge on any atom is -0.378 e. The lowest BCUT2D eigenvalue weighted by Crippen LogP contribution is -2.27. The van der Waals surface area contributed by atoms with Gasteiger partial charge < -0.3 is 20.5 Å². The molecule has 0 aromatic rings. The summed E-state index contributed by atoms with van der Waals surface area (Å²) in [7, 11) is 0. The van der Waals surface area contributed by atoms with E-state index in [2.05, 4.69) is 5.32 Å². The number of ether oxygens (including phenoxy) is 2. The highest BCUT2D eigenvalue weighted by molar-refractivity contribution is 5.77. The molecule has 0 saturated carbocycles. The topological polar surface area (TPSA) is 73.6 Å². The molecule has 0 rings (SSSR count). The van der Waals surface area contributed by atoms with Gasteiger partial charge in [-0.2, -0.15) is 0 Å². The van der Waals surface area contributed by atoms with Gasteiger partial charge in [-0.05, 0) is 6.42 Å². The summed E-state index contributed by atoms with van der Waals surface area (Å²) < 4.78 is 10.4. The Labute approximate surface area is 103 Å². The molecule has 0 aliphatic carbocycles. The van der Waals surface area contributed by atoms with E-state index in [1.807, 2.05) is 19.1 Å². The number of nitrogens with two attached hydrogens (primary N) is 1. The maximum absolute atomic E-state index is 11.2. The van der Waals surface area contributed by atoms with Crippen LogP contribution < -0.4 is 11.1 Å². The van der Waals surface area contributed by atoms with Gasteiger partial charge >= 0.3 is 0 Å². The molecule has 0 atom stereocenters. The van der Waals surface area contributed by atoms with Crippen molar-refractivity contribution in [3.8, 4) is 0 Å². The number of hydrogen-bond donors (Lipinski definition) is 2. The van der Waals surface area contributed by atoms with E-state index < -0.39 is 0 Å².